The summed E-state index contributed by atoms with van der Waals surface area (Å²) in [5, 5.41) is 13.4. The van der Waals surface area contributed by atoms with Crippen molar-refractivity contribution in [3.63, 3.8) is 0 Å². The highest BCUT2D eigenvalue weighted by Gasteiger charge is 2.15. The zero-order valence-corrected chi connectivity index (χ0v) is 9.00. The van der Waals surface area contributed by atoms with Gasteiger partial charge in [-0.05, 0) is 18.6 Å². The Morgan fingerprint density at radius 1 is 1.38 bits per heavy atom. The van der Waals surface area contributed by atoms with Crippen LogP contribution in [0.1, 0.15) is 31.7 Å². The van der Waals surface area contributed by atoms with E-state index in [1.54, 1.807) is 24.5 Å². The number of aliphatic hydroxyl groups is 1. The first-order chi connectivity index (χ1) is 7.81. The average Bonchev–Trinajstić information content (AvgIpc) is 2.80. The van der Waals surface area contributed by atoms with E-state index in [2.05, 4.69) is 15.1 Å². The number of hydrogen-bond donors (Lipinski definition) is 1. The zero-order valence-electron chi connectivity index (χ0n) is 9.00. The fraction of sp³-hybridized carbons (Fsp3) is 0.364. The summed E-state index contributed by atoms with van der Waals surface area (Å²) in [6, 6.07) is 3.56. The van der Waals surface area contributed by atoms with Gasteiger partial charge in [0.2, 0.25) is 5.82 Å². The molecule has 1 unspecified atom stereocenters. The Labute approximate surface area is 93.1 Å². The van der Waals surface area contributed by atoms with Crippen LogP contribution in [0.25, 0.3) is 11.5 Å². The first-order valence-electron chi connectivity index (χ1n) is 5.23. The zero-order chi connectivity index (χ0) is 11.4. The highest BCUT2D eigenvalue weighted by molar-refractivity contribution is 5.50. The Hall–Kier alpha value is -1.75. The first-order valence-corrected chi connectivity index (χ1v) is 5.23. The van der Waals surface area contributed by atoms with E-state index in [1.807, 2.05) is 6.92 Å². The fourth-order valence-corrected chi connectivity index (χ4v) is 1.38. The van der Waals surface area contributed by atoms with Crippen LogP contribution in [0.15, 0.2) is 29.0 Å². The van der Waals surface area contributed by atoms with E-state index < -0.39 is 6.10 Å². The Morgan fingerprint density at radius 3 is 2.81 bits per heavy atom. The second kappa shape index (κ2) is 4.85. The number of aromatic nitrogens is 3. The molecule has 2 rings (SSSR count). The van der Waals surface area contributed by atoms with Gasteiger partial charge in [0.05, 0.1) is 0 Å². The van der Waals surface area contributed by atoms with Gasteiger partial charge in [-0.15, -0.1) is 0 Å². The summed E-state index contributed by atoms with van der Waals surface area (Å²) >= 11 is 0. The van der Waals surface area contributed by atoms with E-state index in [0.717, 1.165) is 12.0 Å². The standard InChI is InChI=1S/C11H13N3O2/c1-2-3-9(15)10-13-11(16-14-10)8-4-6-12-7-5-8/h4-7,9,15H,2-3H2,1H3. The molecule has 1 atom stereocenters. The van der Waals surface area contributed by atoms with Gasteiger partial charge < -0.3 is 9.63 Å². The largest absolute Gasteiger partial charge is 0.385 e. The van der Waals surface area contributed by atoms with E-state index in [1.165, 1.54) is 0 Å². The lowest BCUT2D eigenvalue weighted by atomic mass is 10.2. The third-order valence-corrected chi connectivity index (χ3v) is 2.23. The lowest BCUT2D eigenvalue weighted by Gasteiger charge is -2.01. The molecule has 0 radical (unpaired) electrons. The second-order valence-corrected chi connectivity index (χ2v) is 3.50. The van der Waals surface area contributed by atoms with Gasteiger partial charge in [0.25, 0.3) is 5.89 Å². The van der Waals surface area contributed by atoms with Gasteiger partial charge in [-0.3, -0.25) is 4.98 Å². The van der Waals surface area contributed by atoms with E-state index in [0.29, 0.717) is 18.1 Å². The van der Waals surface area contributed by atoms with Gasteiger partial charge in [0.15, 0.2) is 0 Å². The summed E-state index contributed by atoms with van der Waals surface area (Å²) in [5.74, 6) is 0.751. The van der Waals surface area contributed by atoms with E-state index in [9.17, 15) is 5.11 Å². The first kappa shape index (κ1) is 10.8. The van der Waals surface area contributed by atoms with Crippen molar-refractivity contribution in [3.8, 4) is 11.5 Å². The molecular formula is C11H13N3O2. The van der Waals surface area contributed by atoms with Crippen LogP contribution >= 0.6 is 0 Å². The molecule has 0 fully saturated rings. The summed E-state index contributed by atoms with van der Waals surface area (Å²) in [7, 11) is 0. The Morgan fingerprint density at radius 2 is 2.12 bits per heavy atom. The molecular weight excluding hydrogens is 206 g/mol. The molecule has 0 aliphatic rings. The van der Waals surface area contributed by atoms with E-state index >= 15 is 0 Å². The lowest BCUT2D eigenvalue weighted by Crippen LogP contribution is -1.98. The van der Waals surface area contributed by atoms with Crippen LogP contribution in [-0.2, 0) is 0 Å². The molecule has 0 saturated heterocycles. The van der Waals surface area contributed by atoms with Crippen LogP contribution < -0.4 is 0 Å². The van der Waals surface area contributed by atoms with Crippen LogP contribution in [0.2, 0.25) is 0 Å². The minimum absolute atomic E-state index is 0.341. The molecule has 0 amide bonds. The van der Waals surface area contributed by atoms with E-state index in [4.69, 9.17) is 4.52 Å². The minimum atomic E-state index is -0.649. The third-order valence-electron chi connectivity index (χ3n) is 2.23. The van der Waals surface area contributed by atoms with Crippen LogP contribution in [0, 0.1) is 0 Å². The number of aliphatic hydroxyl groups excluding tert-OH is 1. The predicted molar refractivity (Wildman–Crippen MR) is 57.4 cm³/mol. The lowest BCUT2D eigenvalue weighted by molar-refractivity contribution is 0.153. The Kier molecular flexibility index (Phi) is 3.26. The maximum atomic E-state index is 9.68. The molecule has 0 bridgehead atoms. The van der Waals surface area contributed by atoms with Crippen molar-refractivity contribution in [3.05, 3.63) is 30.4 Å². The molecule has 1 N–H and O–H groups in total. The van der Waals surface area contributed by atoms with Gasteiger partial charge in [-0.25, -0.2) is 0 Å². The van der Waals surface area contributed by atoms with Crippen molar-refractivity contribution in [2.75, 3.05) is 0 Å². The Bertz CT molecular complexity index is 442. The van der Waals surface area contributed by atoms with Crippen LogP contribution in [0.4, 0.5) is 0 Å². The maximum absolute atomic E-state index is 9.68. The monoisotopic (exact) mass is 219 g/mol. The minimum Gasteiger partial charge on any atom is -0.385 e. The molecule has 2 heterocycles. The molecule has 5 heteroatoms. The topological polar surface area (TPSA) is 72.0 Å². The van der Waals surface area contributed by atoms with Gasteiger partial charge in [-0.1, -0.05) is 18.5 Å². The third kappa shape index (κ3) is 2.25. The van der Waals surface area contributed by atoms with Gasteiger partial charge in [-0.2, -0.15) is 4.98 Å². The van der Waals surface area contributed by atoms with Crippen molar-refractivity contribution in [2.24, 2.45) is 0 Å². The van der Waals surface area contributed by atoms with Crippen molar-refractivity contribution < 1.29 is 9.63 Å². The average molecular weight is 219 g/mol. The van der Waals surface area contributed by atoms with Crippen LogP contribution in [0.3, 0.4) is 0 Å². The number of hydrogen-bond acceptors (Lipinski definition) is 5. The van der Waals surface area contributed by atoms with Crippen molar-refractivity contribution in [1.29, 1.82) is 0 Å². The van der Waals surface area contributed by atoms with Crippen molar-refractivity contribution >= 4 is 0 Å². The second-order valence-electron chi connectivity index (χ2n) is 3.50. The normalized spacial score (nSPS) is 12.6. The van der Waals surface area contributed by atoms with E-state index in [-0.39, 0.29) is 0 Å². The van der Waals surface area contributed by atoms with Crippen molar-refractivity contribution in [2.45, 2.75) is 25.9 Å². The summed E-state index contributed by atoms with van der Waals surface area (Å²) in [4.78, 5) is 8.05. The van der Waals surface area contributed by atoms with Crippen LogP contribution in [0.5, 0.6) is 0 Å². The molecule has 0 aromatic carbocycles. The maximum Gasteiger partial charge on any atom is 0.258 e. The van der Waals surface area contributed by atoms with Crippen LogP contribution in [-0.4, -0.2) is 20.2 Å². The fourth-order valence-electron chi connectivity index (χ4n) is 1.38. The predicted octanol–water partition coefficient (Wildman–Crippen LogP) is 1.97. The summed E-state index contributed by atoms with van der Waals surface area (Å²) in [5.41, 5.74) is 0.803. The number of rotatable bonds is 4. The SMILES string of the molecule is CCCC(O)c1noc(-c2ccncc2)n1. The quantitative estimate of drug-likeness (QED) is 0.851. The molecule has 0 aliphatic heterocycles. The molecule has 16 heavy (non-hydrogen) atoms. The van der Waals surface area contributed by atoms with Gasteiger partial charge in [0, 0.05) is 18.0 Å². The molecule has 5 nitrogen and oxygen atoms in total. The smallest absolute Gasteiger partial charge is 0.258 e. The van der Waals surface area contributed by atoms with Gasteiger partial charge >= 0.3 is 0 Å². The Balaban J connectivity index is 2.20. The molecule has 84 valence electrons. The number of pyridine rings is 1. The van der Waals surface area contributed by atoms with Crippen molar-refractivity contribution in [1.82, 2.24) is 15.1 Å². The summed E-state index contributed by atoms with van der Waals surface area (Å²) in [6.07, 6.45) is 4.17. The highest BCUT2D eigenvalue weighted by atomic mass is 16.5. The molecule has 2 aromatic heterocycles. The summed E-state index contributed by atoms with van der Waals surface area (Å²) in [6.45, 7) is 1.99. The summed E-state index contributed by atoms with van der Waals surface area (Å²) < 4.78 is 5.07. The van der Waals surface area contributed by atoms with Gasteiger partial charge in [0.1, 0.15) is 6.10 Å². The highest BCUT2D eigenvalue weighted by Crippen LogP contribution is 2.20. The molecule has 0 saturated carbocycles. The molecule has 0 aliphatic carbocycles. The number of nitrogens with zero attached hydrogens (tertiary/aromatic N) is 3. The molecule has 2 aromatic rings. The molecule has 0 spiro atoms.